The number of rotatable bonds is 11. The lowest BCUT2D eigenvalue weighted by atomic mass is 9.99. The minimum Gasteiger partial charge on any atom is -0.439 e. The molecule has 1 aliphatic rings. The number of carbonyl (C=O) groups is 1. The van der Waals surface area contributed by atoms with Gasteiger partial charge in [0.2, 0.25) is 5.88 Å². The summed E-state index contributed by atoms with van der Waals surface area (Å²) in [6.45, 7) is 8.43. The highest BCUT2D eigenvalue weighted by Crippen LogP contribution is 2.27. The van der Waals surface area contributed by atoms with E-state index >= 15 is 0 Å². The van der Waals surface area contributed by atoms with E-state index in [1.54, 1.807) is 18.3 Å². The van der Waals surface area contributed by atoms with Gasteiger partial charge in [-0.2, -0.15) is 0 Å². The van der Waals surface area contributed by atoms with Crippen LogP contribution in [-0.4, -0.2) is 35.4 Å². The Hall–Kier alpha value is -2.40. The highest BCUT2D eigenvalue weighted by molar-refractivity contribution is 5.93. The van der Waals surface area contributed by atoms with E-state index in [4.69, 9.17) is 4.74 Å². The zero-order valence-corrected chi connectivity index (χ0v) is 18.5. The monoisotopic (exact) mass is 409 g/mol. The van der Waals surface area contributed by atoms with Crippen LogP contribution in [0.2, 0.25) is 0 Å². The van der Waals surface area contributed by atoms with Crippen molar-refractivity contribution in [2.24, 2.45) is 0 Å². The van der Waals surface area contributed by atoms with Crippen LogP contribution in [-0.2, 0) is 13.0 Å². The number of ether oxygens (including phenoxy) is 1. The standard InChI is InChI=1S/C25H35N3O2/c1-3-5-7-14-26-25(29)21-10-12-24(27-18-21)30-23-11-9-22-19-28(15-8-6-4-2)16-13-20(22)17-23/h9-12,17-18H,3-8,13-16,19H2,1-2H3,(H,26,29). The first-order chi connectivity index (χ1) is 14.7. The van der Waals surface area contributed by atoms with Crippen LogP contribution in [0.25, 0.3) is 0 Å². The second-order valence-electron chi connectivity index (χ2n) is 8.11. The Morgan fingerprint density at radius 1 is 1.07 bits per heavy atom. The van der Waals surface area contributed by atoms with E-state index in [2.05, 4.69) is 41.2 Å². The van der Waals surface area contributed by atoms with Crippen molar-refractivity contribution in [1.29, 1.82) is 0 Å². The number of benzene rings is 1. The van der Waals surface area contributed by atoms with Crippen LogP contribution >= 0.6 is 0 Å². The molecule has 0 saturated heterocycles. The van der Waals surface area contributed by atoms with E-state index in [1.165, 1.54) is 36.9 Å². The minimum atomic E-state index is -0.0811. The third kappa shape index (κ3) is 6.56. The third-order valence-electron chi connectivity index (χ3n) is 5.63. The molecule has 5 heteroatoms. The summed E-state index contributed by atoms with van der Waals surface area (Å²) < 4.78 is 5.94. The number of fused-ring (bicyclic) bond motifs is 1. The smallest absolute Gasteiger partial charge is 0.252 e. The Morgan fingerprint density at radius 3 is 2.67 bits per heavy atom. The Bertz CT molecular complexity index is 805. The Morgan fingerprint density at radius 2 is 1.90 bits per heavy atom. The van der Waals surface area contributed by atoms with E-state index in [1.807, 2.05) is 6.07 Å². The SMILES string of the molecule is CCCCCNC(=O)c1ccc(Oc2ccc3c(c2)CCN(CCCCC)C3)nc1. The average molecular weight is 410 g/mol. The molecule has 1 aromatic carbocycles. The zero-order chi connectivity index (χ0) is 21.2. The number of carbonyl (C=O) groups excluding carboxylic acids is 1. The van der Waals surface area contributed by atoms with E-state index in [9.17, 15) is 4.79 Å². The fourth-order valence-electron chi connectivity index (χ4n) is 3.80. The number of pyridine rings is 1. The average Bonchev–Trinajstić information content (AvgIpc) is 2.77. The molecular formula is C25H35N3O2. The number of nitrogens with one attached hydrogen (secondary N) is 1. The number of nitrogens with zero attached hydrogens (tertiary/aromatic N) is 2. The van der Waals surface area contributed by atoms with Gasteiger partial charge in [0.15, 0.2) is 0 Å². The fourth-order valence-corrected chi connectivity index (χ4v) is 3.80. The molecule has 2 aromatic rings. The van der Waals surface area contributed by atoms with Crippen LogP contribution in [0.15, 0.2) is 36.5 Å². The van der Waals surface area contributed by atoms with Crippen molar-refractivity contribution in [2.75, 3.05) is 19.6 Å². The van der Waals surface area contributed by atoms with Gasteiger partial charge in [-0.05, 0) is 55.1 Å². The summed E-state index contributed by atoms with van der Waals surface area (Å²) in [6, 6.07) is 9.86. The lowest BCUT2D eigenvalue weighted by Gasteiger charge is -2.29. The molecule has 0 aliphatic carbocycles. The Kier molecular flexibility index (Phi) is 8.69. The molecule has 2 heterocycles. The van der Waals surface area contributed by atoms with Crippen molar-refractivity contribution in [3.05, 3.63) is 53.2 Å². The van der Waals surface area contributed by atoms with Crippen molar-refractivity contribution >= 4 is 5.91 Å². The first kappa shape index (κ1) is 22.3. The topological polar surface area (TPSA) is 54.5 Å². The molecule has 3 rings (SSSR count). The highest BCUT2D eigenvalue weighted by Gasteiger charge is 2.16. The van der Waals surface area contributed by atoms with Gasteiger partial charge >= 0.3 is 0 Å². The van der Waals surface area contributed by atoms with Crippen molar-refractivity contribution in [1.82, 2.24) is 15.2 Å². The van der Waals surface area contributed by atoms with Crippen LogP contribution in [0.4, 0.5) is 0 Å². The van der Waals surface area contributed by atoms with Crippen molar-refractivity contribution in [2.45, 2.75) is 65.3 Å². The molecule has 162 valence electrons. The quantitative estimate of drug-likeness (QED) is 0.509. The number of amides is 1. The molecule has 0 fully saturated rings. The molecule has 0 radical (unpaired) electrons. The Labute approximate surface area is 180 Å². The first-order valence-electron chi connectivity index (χ1n) is 11.5. The fraction of sp³-hybridized carbons (Fsp3) is 0.520. The van der Waals surface area contributed by atoms with Crippen molar-refractivity contribution in [3.8, 4) is 11.6 Å². The summed E-state index contributed by atoms with van der Waals surface area (Å²) in [5.74, 6) is 1.23. The molecular weight excluding hydrogens is 374 g/mol. The molecule has 1 amide bonds. The molecule has 1 N–H and O–H groups in total. The summed E-state index contributed by atoms with van der Waals surface area (Å²) in [5.41, 5.74) is 3.32. The summed E-state index contributed by atoms with van der Waals surface area (Å²) in [6.07, 6.45) is 9.77. The summed E-state index contributed by atoms with van der Waals surface area (Å²) in [5, 5.41) is 2.93. The van der Waals surface area contributed by atoms with Crippen LogP contribution in [0, 0.1) is 0 Å². The maximum atomic E-state index is 12.2. The second-order valence-corrected chi connectivity index (χ2v) is 8.11. The zero-order valence-electron chi connectivity index (χ0n) is 18.5. The largest absolute Gasteiger partial charge is 0.439 e. The molecule has 0 bridgehead atoms. The van der Waals surface area contributed by atoms with E-state index in [0.717, 1.165) is 44.5 Å². The van der Waals surface area contributed by atoms with Gasteiger partial charge in [0, 0.05) is 31.9 Å². The maximum Gasteiger partial charge on any atom is 0.252 e. The third-order valence-corrected chi connectivity index (χ3v) is 5.63. The van der Waals surface area contributed by atoms with Crippen molar-refractivity contribution < 1.29 is 9.53 Å². The molecule has 0 spiro atoms. The summed E-state index contributed by atoms with van der Waals surface area (Å²) in [7, 11) is 0. The molecule has 1 aliphatic heterocycles. The lowest BCUT2D eigenvalue weighted by molar-refractivity contribution is 0.0952. The van der Waals surface area contributed by atoms with Crippen LogP contribution in [0.1, 0.15) is 73.9 Å². The van der Waals surface area contributed by atoms with Gasteiger partial charge in [0.05, 0.1) is 5.56 Å². The second kappa shape index (κ2) is 11.7. The van der Waals surface area contributed by atoms with Gasteiger partial charge in [0.25, 0.3) is 5.91 Å². The molecule has 0 saturated carbocycles. The van der Waals surface area contributed by atoms with Gasteiger partial charge in [-0.25, -0.2) is 4.98 Å². The number of hydrogen-bond acceptors (Lipinski definition) is 4. The van der Waals surface area contributed by atoms with E-state index in [-0.39, 0.29) is 5.91 Å². The van der Waals surface area contributed by atoms with Gasteiger partial charge < -0.3 is 10.1 Å². The highest BCUT2D eigenvalue weighted by atomic mass is 16.5. The maximum absolute atomic E-state index is 12.2. The normalized spacial score (nSPS) is 13.7. The molecule has 1 aromatic heterocycles. The minimum absolute atomic E-state index is 0.0811. The molecule has 0 unspecified atom stereocenters. The molecule has 0 atom stereocenters. The predicted octanol–water partition coefficient (Wildman–Crippen LogP) is 5.34. The Balaban J connectivity index is 1.53. The van der Waals surface area contributed by atoms with E-state index < -0.39 is 0 Å². The first-order valence-corrected chi connectivity index (χ1v) is 11.5. The van der Waals surface area contributed by atoms with Gasteiger partial charge in [-0.3, -0.25) is 9.69 Å². The van der Waals surface area contributed by atoms with Gasteiger partial charge in [0.1, 0.15) is 5.75 Å². The lowest BCUT2D eigenvalue weighted by Crippen LogP contribution is -2.31. The van der Waals surface area contributed by atoms with E-state index in [0.29, 0.717) is 18.0 Å². The number of hydrogen-bond donors (Lipinski definition) is 1. The molecule has 5 nitrogen and oxygen atoms in total. The molecule has 30 heavy (non-hydrogen) atoms. The van der Waals surface area contributed by atoms with Crippen LogP contribution in [0.5, 0.6) is 11.6 Å². The van der Waals surface area contributed by atoms with Gasteiger partial charge in [-0.1, -0.05) is 45.6 Å². The summed E-state index contributed by atoms with van der Waals surface area (Å²) >= 11 is 0. The number of aromatic nitrogens is 1. The summed E-state index contributed by atoms with van der Waals surface area (Å²) in [4.78, 5) is 19.0. The van der Waals surface area contributed by atoms with Crippen LogP contribution < -0.4 is 10.1 Å². The van der Waals surface area contributed by atoms with Crippen molar-refractivity contribution in [3.63, 3.8) is 0 Å². The predicted molar refractivity (Wildman–Crippen MR) is 121 cm³/mol. The van der Waals surface area contributed by atoms with Crippen LogP contribution in [0.3, 0.4) is 0 Å². The van der Waals surface area contributed by atoms with Gasteiger partial charge in [-0.15, -0.1) is 0 Å². The number of unbranched alkanes of at least 4 members (excludes halogenated alkanes) is 4.